The molecule has 0 fully saturated rings. The Kier molecular flexibility index (Phi) is 7.91. The van der Waals surface area contributed by atoms with E-state index in [2.05, 4.69) is 35.0 Å². The van der Waals surface area contributed by atoms with E-state index in [-0.39, 0.29) is 18.4 Å². The van der Waals surface area contributed by atoms with Crippen LogP contribution >= 0.6 is 27.3 Å². The Morgan fingerprint density at radius 2 is 1.66 bits per heavy atom. The van der Waals surface area contributed by atoms with Gasteiger partial charge in [0.05, 0.1) is 6.54 Å². The molecule has 3 aromatic rings. The molecule has 0 aliphatic carbocycles. The molecule has 0 unspecified atom stereocenters. The van der Waals surface area contributed by atoms with Gasteiger partial charge < -0.3 is 9.80 Å². The predicted molar refractivity (Wildman–Crippen MR) is 135 cm³/mol. The van der Waals surface area contributed by atoms with Crippen molar-refractivity contribution in [3.63, 3.8) is 0 Å². The molecule has 6 heteroatoms. The first-order valence-corrected chi connectivity index (χ1v) is 12.2. The van der Waals surface area contributed by atoms with E-state index in [1.807, 2.05) is 68.1 Å². The molecule has 0 atom stereocenters. The Balaban J connectivity index is 1.85. The van der Waals surface area contributed by atoms with Crippen LogP contribution in [0.4, 0.5) is 0 Å². The molecule has 1 heterocycles. The molecule has 0 saturated carbocycles. The van der Waals surface area contributed by atoms with Gasteiger partial charge in [-0.1, -0.05) is 52.3 Å². The second-order valence-electron chi connectivity index (χ2n) is 8.82. The standard InChI is InChI=1S/C26H29BrN2O2S/c1-19-13-14-23(32-19)17-28(16-20-9-6-5-7-10-20)24(30)18-29(26(2,3)4)25(31)21-11-8-12-22(27)15-21/h5-15H,16-18H2,1-4H3. The van der Waals surface area contributed by atoms with Gasteiger partial charge in [-0.15, -0.1) is 11.3 Å². The van der Waals surface area contributed by atoms with Crippen LogP contribution in [-0.4, -0.2) is 33.7 Å². The van der Waals surface area contributed by atoms with Gasteiger partial charge in [-0.25, -0.2) is 0 Å². The number of carbonyl (C=O) groups excluding carboxylic acids is 2. The third-order valence-corrected chi connectivity index (χ3v) is 6.61. The van der Waals surface area contributed by atoms with Crippen LogP contribution in [-0.2, 0) is 17.9 Å². The van der Waals surface area contributed by atoms with Gasteiger partial charge in [-0.2, -0.15) is 0 Å². The molecule has 2 amide bonds. The van der Waals surface area contributed by atoms with Crippen LogP contribution in [0, 0.1) is 6.92 Å². The largest absolute Gasteiger partial charge is 0.332 e. The van der Waals surface area contributed by atoms with E-state index in [0.717, 1.165) is 14.9 Å². The highest BCUT2D eigenvalue weighted by atomic mass is 79.9. The van der Waals surface area contributed by atoms with Gasteiger partial charge in [0.2, 0.25) is 5.91 Å². The fourth-order valence-electron chi connectivity index (χ4n) is 3.42. The topological polar surface area (TPSA) is 40.6 Å². The zero-order chi connectivity index (χ0) is 23.3. The van der Waals surface area contributed by atoms with Crippen LogP contribution in [0.25, 0.3) is 0 Å². The Hall–Kier alpha value is -2.44. The first-order valence-electron chi connectivity index (χ1n) is 10.6. The van der Waals surface area contributed by atoms with E-state index in [1.54, 1.807) is 28.4 Å². The molecular formula is C26H29BrN2O2S. The van der Waals surface area contributed by atoms with Crippen molar-refractivity contribution in [3.8, 4) is 0 Å². The number of thiophene rings is 1. The summed E-state index contributed by atoms with van der Waals surface area (Å²) in [7, 11) is 0. The lowest BCUT2D eigenvalue weighted by Crippen LogP contribution is -2.51. The van der Waals surface area contributed by atoms with Crippen molar-refractivity contribution in [1.82, 2.24) is 9.80 Å². The maximum absolute atomic E-state index is 13.5. The summed E-state index contributed by atoms with van der Waals surface area (Å²) in [4.78, 5) is 32.8. The summed E-state index contributed by atoms with van der Waals surface area (Å²) >= 11 is 5.13. The van der Waals surface area contributed by atoms with E-state index in [9.17, 15) is 9.59 Å². The van der Waals surface area contributed by atoms with Crippen molar-refractivity contribution >= 4 is 39.1 Å². The number of carbonyl (C=O) groups is 2. The molecule has 2 aromatic carbocycles. The second-order valence-corrected chi connectivity index (χ2v) is 11.1. The average molecular weight is 514 g/mol. The fourth-order valence-corrected chi connectivity index (χ4v) is 4.73. The third kappa shape index (κ3) is 6.53. The Labute approximate surface area is 203 Å². The summed E-state index contributed by atoms with van der Waals surface area (Å²) in [5.41, 5.74) is 1.12. The molecule has 0 saturated heterocycles. The molecule has 0 N–H and O–H groups in total. The highest BCUT2D eigenvalue weighted by Gasteiger charge is 2.31. The van der Waals surface area contributed by atoms with Gasteiger partial charge in [0.1, 0.15) is 6.54 Å². The molecule has 0 radical (unpaired) electrons. The smallest absolute Gasteiger partial charge is 0.254 e. The molecule has 0 spiro atoms. The predicted octanol–water partition coefficient (Wildman–Crippen LogP) is 6.29. The first kappa shape index (κ1) is 24.2. The van der Waals surface area contributed by atoms with Crippen molar-refractivity contribution in [3.05, 3.63) is 92.1 Å². The van der Waals surface area contributed by atoms with Crippen molar-refractivity contribution in [1.29, 1.82) is 0 Å². The van der Waals surface area contributed by atoms with Crippen LogP contribution < -0.4 is 0 Å². The first-order chi connectivity index (χ1) is 15.1. The van der Waals surface area contributed by atoms with Gasteiger partial charge in [-0.05, 0) is 63.6 Å². The highest BCUT2D eigenvalue weighted by Crippen LogP contribution is 2.22. The van der Waals surface area contributed by atoms with Crippen molar-refractivity contribution in [2.45, 2.75) is 46.3 Å². The minimum Gasteiger partial charge on any atom is -0.332 e. The number of nitrogens with zero attached hydrogens (tertiary/aromatic N) is 2. The van der Waals surface area contributed by atoms with E-state index in [4.69, 9.17) is 0 Å². The van der Waals surface area contributed by atoms with E-state index >= 15 is 0 Å². The van der Waals surface area contributed by atoms with Crippen LogP contribution in [0.3, 0.4) is 0 Å². The highest BCUT2D eigenvalue weighted by molar-refractivity contribution is 9.10. The zero-order valence-electron chi connectivity index (χ0n) is 19.0. The van der Waals surface area contributed by atoms with Gasteiger partial charge in [-0.3, -0.25) is 9.59 Å². The summed E-state index contributed by atoms with van der Waals surface area (Å²) in [6, 6.07) is 21.4. The number of rotatable bonds is 7. The van der Waals surface area contributed by atoms with Crippen LogP contribution in [0.15, 0.2) is 71.2 Å². The monoisotopic (exact) mass is 512 g/mol. The van der Waals surface area contributed by atoms with Crippen LogP contribution in [0.2, 0.25) is 0 Å². The lowest BCUT2D eigenvalue weighted by molar-refractivity contribution is -0.134. The summed E-state index contributed by atoms with van der Waals surface area (Å²) in [5.74, 6) is -0.225. The number of amides is 2. The fraction of sp³-hybridized carbons (Fsp3) is 0.308. The van der Waals surface area contributed by atoms with Gasteiger partial charge in [0.25, 0.3) is 5.91 Å². The molecular weight excluding hydrogens is 484 g/mol. The van der Waals surface area contributed by atoms with Gasteiger partial charge in [0, 0.05) is 31.9 Å². The summed E-state index contributed by atoms with van der Waals surface area (Å²) in [6.07, 6.45) is 0. The third-order valence-electron chi connectivity index (χ3n) is 5.13. The molecule has 32 heavy (non-hydrogen) atoms. The molecule has 168 valence electrons. The number of hydrogen-bond acceptors (Lipinski definition) is 3. The van der Waals surface area contributed by atoms with E-state index in [0.29, 0.717) is 18.7 Å². The molecule has 3 rings (SSSR count). The minimum atomic E-state index is -0.507. The Morgan fingerprint density at radius 3 is 2.25 bits per heavy atom. The second kappa shape index (κ2) is 10.5. The molecule has 4 nitrogen and oxygen atoms in total. The quantitative estimate of drug-likeness (QED) is 0.373. The molecule has 1 aromatic heterocycles. The molecule has 0 aliphatic heterocycles. The SMILES string of the molecule is Cc1ccc(CN(Cc2ccccc2)C(=O)CN(C(=O)c2cccc(Br)c2)C(C)(C)C)s1. The molecule has 0 bridgehead atoms. The Bertz CT molecular complexity index is 1070. The lowest BCUT2D eigenvalue weighted by atomic mass is 10.0. The van der Waals surface area contributed by atoms with Crippen LogP contribution in [0.5, 0.6) is 0 Å². The number of hydrogen-bond donors (Lipinski definition) is 0. The van der Waals surface area contributed by atoms with Crippen molar-refractivity contribution in [2.24, 2.45) is 0 Å². The summed E-state index contributed by atoms with van der Waals surface area (Å²) < 4.78 is 0.835. The van der Waals surface area contributed by atoms with Crippen molar-refractivity contribution in [2.75, 3.05) is 6.54 Å². The summed E-state index contributed by atoms with van der Waals surface area (Å²) in [6.45, 7) is 8.98. The summed E-state index contributed by atoms with van der Waals surface area (Å²) in [5, 5.41) is 0. The van der Waals surface area contributed by atoms with E-state index < -0.39 is 5.54 Å². The number of benzene rings is 2. The van der Waals surface area contributed by atoms with E-state index in [1.165, 1.54) is 4.88 Å². The van der Waals surface area contributed by atoms with Gasteiger partial charge >= 0.3 is 0 Å². The minimum absolute atomic E-state index is 0.0199. The van der Waals surface area contributed by atoms with Crippen molar-refractivity contribution < 1.29 is 9.59 Å². The average Bonchev–Trinajstić information content (AvgIpc) is 3.15. The number of halogens is 1. The maximum atomic E-state index is 13.5. The molecule has 0 aliphatic rings. The normalized spacial score (nSPS) is 11.3. The van der Waals surface area contributed by atoms with Crippen LogP contribution in [0.1, 0.15) is 46.4 Å². The number of aryl methyl sites for hydroxylation is 1. The zero-order valence-corrected chi connectivity index (χ0v) is 21.4. The van der Waals surface area contributed by atoms with Gasteiger partial charge in [0.15, 0.2) is 0 Å². The maximum Gasteiger partial charge on any atom is 0.254 e. The lowest BCUT2D eigenvalue weighted by Gasteiger charge is -2.37. The Morgan fingerprint density at radius 1 is 0.938 bits per heavy atom.